The maximum atomic E-state index is 13.0. The maximum Gasteiger partial charge on any atom is 0.441 e. The van der Waals surface area contributed by atoms with Crippen LogP contribution in [0, 0.1) is 5.82 Å². The van der Waals surface area contributed by atoms with Crippen molar-refractivity contribution in [2.24, 2.45) is 0 Å². The lowest BCUT2D eigenvalue weighted by Crippen LogP contribution is -2.08. The van der Waals surface area contributed by atoms with E-state index in [-0.39, 0.29) is 35.4 Å². The third kappa shape index (κ3) is 6.46. The Morgan fingerprint density at radius 1 is 1.40 bits per heavy atom. The fourth-order valence-corrected chi connectivity index (χ4v) is 1.65. The predicted octanol–water partition coefficient (Wildman–Crippen LogP) is 3.56. The number of hydrogen-bond acceptors (Lipinski definition) is 3. The monoisotopic (exact) mass is 310 g/mol. The van der Waals surface area contributed by atoms with E-state index in [1.807, 2.05) is 0 Å². The zero-order valence-electron chi connectivity index (χ0n) is 9.98. The van der Waals surface area contributed by atoms with E-state index in [0.29, 0.717) is 0 Å². The van der Waals surface area contributed by atoms with Crippen LogP contribution in [-0.4, -0.2) is 28.9 Å². The number of aliphatic carboxylic acids is 1. The van der Waals surface area contributed by atoms with Gasteiger partial charge < -0.3 is 9.84 Å². The minimum absolute atomic E-state index is 0.117. The molecule has 0 aliphatic carbocycles. The van der Waals surface area contributed by atoms with E-state index >= 15 is 0 Å². The summed E-state index contributed by atoms with van der Waals surface area (Å²) in [6, 6.07) is 3.34. The van der Waals surface area contributed by atoms with Gasteiger partial charge in [0.15, 0.2) is 0 Å². The van der Waals surface area contributed by atoms with Crippen LogP contribution in [0.2, 0.25) is 0 Å². The largest absolute Gasteiger partial charge is 0.492 e. The molecule has 0 radical (unpaired) electrons. The van der Waals surface area contributed by atoms with E-state index in [1.54, 1.807) is 0 Å². The van der Waals surface area contributed by atoms with Crippen molar-refractivity contribution in [2.45, 2.75) is 5.51 Å². The molecule has 0 aliphatic rings. The first-order valence-electron chi connectivity index (χ1n) is 5.32. The second-order valence-electron chi connectivity index (χ2n) is 3.50. The molecule has 0 saturated carbocycles. The summed E-state index contributed by atoms with van der Waals surface area (Å²) in [7, 11) is 0. The first-order chi connectivity index (χ1) is 9.28. The summed E-state index contributed by atoms with van der Waals surface area (Å²) in [5.41, 5.74) is -4.19. The molecule has 1 rings (SSSR count). The molecule has 1 N–H and O–H groups in total. The number of carboxylic acid groups (broad SMARTS) is 1. The van der Waals surface area contributed by atoms with Crippen molar-refractivity contribution in [3.05, 3.63) is 35.7 Å². The van der Waals surface area contributed by atoms with Gasteiger partial charge in [0.1, 0.15) is 11.6 Å². The number of benzene rings is 1. The Hall–Kier alpha value is -1.70. The molecule has 20 heavy (non-hydrogen) atoms. The Kier molecular flexibility index (Phi) is 5.87. The number of ether oxygens (including phenoxy) is 1. The van der Waals surface area contributed by atoms with Gasteiger partial charge in [0.2, 0.25) is 0 Å². The molecule has 110 valence electrons. The number of alkyl halides is 3. The third-order valence-electron chi connectivity index (χ3n) is 1.98. The number of carbonyl (C=O) groups is 1. The van der Waals surface area contributed by atoms with Crippen molar-refractivity contribution >= 4 is 23.8 Å². The summed E-state index contributed by atoms with van der Waals surface area (Å²) in [5.74, 6) is -2.03. The summed E-state index contributed by atoms with van der Waals surface area (Å²) in [6.45, 7) is -0.232. The van der Waals surface area contributed by atoms with Gasteiger partial charge in [-0.15, -0.1) is 0 Å². The topological polar surface area (TPSA) is 46.5 Å². The van der Waals surface area contributed by atoms with E-state index in [9.17, 15) is 22.4 Å². The fraction of sp³-hybridized carbons (Fsp3) is 0.250. The normalized spacial score (nSPS) is 11.8. The summed E-state index contributed by atoms with van der Waals surface area (Å²) in [6.07, 6.45) is 1.89. The van der Waals surface area contributed by atoms with Gasteiger partial charge in [0.25, 0.3) is 0 Å². The van der Waals surface area contributed by atoms with Crippen molar-refractivity contribution in [1.29, 1.82) is 0 Å². The smallest absolute Gasteiger partial charge is 0.441 e. The van der Waals surface area contributed by atoms with Gasteiger partial charge in [-0.1, -0.05) is 0 Å². The van der Waals surface area contributed by atoms with Crippen LogP contribution in [0.15, 0.2) is 24.3 Å². The highest BCUT2D eigenvalue weighted by Crippen LogP contribution is 2.30. The summed E-state index contributed by atoms with van der Waals surface area (Å²) >= 11 is -0.231. The standard InChI is InChI=1S/C12H10F4O3S/c13-9-2-3-10(8(7-9)1-4-11(17)18)19-5-6-20-12(14,15)16/h1-4,7H,5-6H2,(H,17,18)/b4-1+. The van der Waals surface area contributed by atoms with Crippen molar-refractivity contribution in [3.63, 3.8) is 0 Å². The molecule has 3 nitrogen and oxygen atoms in total. The van der Waals surface area contributed by atoms with Crippen LogP contribution in [0.4, 0.5) is 17.6 Å². The zero-order valence-corrected chi connectivity index (χ0v) is 10.8. The number of thioether (sulfide) groups is 1. The second-order valence-corrected chi connectivity index (χ2v) is 4.66. The van der Waals surface area contributed by atoms with E-state index in [4.69, 9.17) is 9.84 Å². The van der Waals surface area contributed by atoms with Crippen molar-refractivity contribution in [3.8, 4) is 5.75 Å². The predicted molar refractivity (Wildman–Crippen MR) is 67.1 cm³/mol. The van der Waals surface area contributed by atoms with Crippen molar-refractivity contribution in [2.75, 3.05) is 12.4 Å². The summed E-state index contributed by atoms with van der Waals surface area (Å²) in [4.78, 5) is 10.4. The first kappa shape index (κ1) is 16.4. The molecular weight excluding hydrogens is 300 g/mol. The third-order valence-corrected chi connectivity index (χ3v) is 2.68. The average molecular weight is 310 g/mol. The van der Waals surface area contributed by atoms with Crippen LogP contribution in [0.1, 0.15) is 5.56 Å². The Morgan fingerprint density at radius 2 is 2.10 bits per heavy atom. The SMILES string of the molecule is O=C(O)/C=C/c1cc(F)ccc1OCCSC(F)(F)F. The van der Waals surface area contributed by atoms with Crippen LogP contribution in [0.25, 0.3) is 6.08 Å². The molecule has 0 unspecified atom stereocenters. The van der Waals surface area contributed by atoms with E-state index in [1.165, 1.54) is 6.07 Å². The molecule has 0 saturated heterocycles. The molecule has 1 aromatic carbocycles. The van der Waals surface area contributed by atoms with Crippen LogP contribution >= 0.6 is 11.8 Å². The summed E-state index contributed by atoms with van der Waals surface area (Å²) < 4.78 is 53.8. The molecule has 0 aliphatic heterocycles. The molecule has 0 fully saturated rings. The second kappa shape index (κ2) is 7.18. The van der Waals surface area contributed by atoms with Gasteiger partial charge in [-0.3, -0.25) is 0 Å². The quantitative estimate of drug-likeness (QED) is 0.496. The number of carboxylic acids is 1. The Labute approximate surface area is 116 Å². The molecular formula is C12H10F4O3S. The Bertz CT molecular complexity index is 500. The Balaban J connectivity index is 2.67. The van der Waals surface area contributed by atoms with Gasteiger partial charge in [-0.25, -0.2) is 9.18 Å². The molecule has 1 aromatic rings. The molecule has 0 bridgehead atoms. The van der Waals surface area contributed by atoms with Crippen LogP contribution in [0.3, 0.4) is 0 Å². The highest BCUT2D eigenvalue weighted by atomic mass is 32.2. The van der Waals surface area contributed by atoms with E-state index in [0.717, 1.165) is 24.3 Å². The van der Waals surface area contributed by atoms with Crippen molar-refractivity contribution in [1.82, 2.24) is 0 Å². The molecule has 8 heteroatoms. The zero-order chi connectivity index (χ0) is 15.2. The van der Waals surface area contributed by atoms with E-state index < -0.39 is 17.3 Å². The lowest BCUT2D eigenvalue weighted by molar-refractivity contribution is -0.131. The van der Waals surface area contributed by atoms with Gasteiger partial charge >= 0.3 is 11.5 Å². The number of rotatable bonds is 6. The molecule has 0 amide bonds. The summed E-state index contributed by atoms with van der Waals surface area (Å²) in [5, 5.41) is 8.49. The molecule has 0 aromatic heterocycles. The van der Waals surface area contributed by atoms with Gasteiger partial charge in [0.05, 0.1) is 6.61 Å². The van der Waals surface area contributed by atoms with Crippen LogP contribution in [-0.2, 0) is 4.79 Å². The highest BCUT2D eigenvalue weighted by Gasteiger charge is 2.27. The fourth-order valence-electron chi connectivity index (χ4n) is 1.25. The van der Waals surface area contributed by atoms with Gasteiger partial charge in [-0.2, -0.15) is 13.2 Å². The Morgan fingerprint density at radius 3 is 2.70 bits per heavy atom. The van der Waals surface area contributed by atoms with Gasteiger partial charge in [0, 0.05) is 17.4 Å². The van der Waals surface area contributed by atoms with Gasteiger partial charge in [-0.05, 0) is 36.0 Å². The minimum Gasteiger partial charge on any atom is -0.492 e. The minimum atomic E-state index is -4.34. The lowest BCUT2D eigenvalue weighted by Gasteiger charge is -2.10. The molecule has 0 atom stereocenters. The highest BCUT2D eigenvalue weighted by molar-refractivity contribution is 8.00. The number of halogens is 4. The molecule has 0 heterocycles. The maximum absolute atomic E-state index is 13.0. The average Bonchev–Trinajstić information content (AvgIpc) is 2.32. The van der Waals surface area contributed by atoms with Crippen LogP contribution in [0.5, 0.6) is 5.75 Å². The number of hydrogen-bond donors (Lipinski definition) is 1. The molecule has 0 spiro atoms. The van der Waals surface area contributed by atoms with Crippen LogP contribution < -0.4 is 4.74 Å². The lowest BCUT2D eigenvalue weighted by atomic mass is 10.2. The van der Waals surface area contributed by atoms with E-state index in [2.05, 4.69) is 0 Å². The first-order valence-corrected chi connectivity index (χ1v) is 6.30. The van der Waals surface area contributed by atoms with Crippen molar-refractivity contribution < 1.29 is 32.2 Å².